The summed E-state index contributed by atoms with van der Waals surface area (Å²) in [6.45, 7) is 1.20. The predicted octanol–water partition coefficient (Wildman–Crippen LogP) is 0.402. The van der Waals surface area contributed by atoms with Crippen LogP contribution < -0.4 is 27.0 Å². The Hall–Kier alpha value is -2.63. The minimum atomic E-state index is -1.14. The zero-order valence-corrected chi connectivity index (χ0v) is 21.6. The van der Waals surface area contributed by atoms with Crippen molar-refractivity contribution in [3.05, 3.63) is 35.9 Å². The molecule has 0 bridgehead atoms. The highest BCUT2D eigenvalue weighted by Gasteiger charge is 2.31. The van der Waals surface area contributed by atoms with Crippen molar-refractivity contribution in [2.24, 2.45) is 5.73 Å². The molecule has 2 rings (SSSR count). The SMILES string of the molecule is CSCCC(NC(=O)C1CCCN1)C(=O)NC(Cc1ccccc1)C(=O)NC(CCCCN)C(=O)O. The normalized spacial score (nSPS) is 17.6. The number of benzene rings is 1. The molecule has 3 amide bonds. The predicted molar refractivity (Wildman–Crippen MR) is 141 cm³/mol. The maximum absolute atomic E-state index is 13.3. The van der Waals surface area contributed by atoms with Crippen molar-refractivity contribution in [2.75, 3.05) is 25.1 Å². The van der Waals surface area contributed by atoms with Gasteiger partial charge in [0, 0.05) is 6.42 Å². The summed E-state index contributed by atoms with van der Waals surface area (Å²) in [5, 5.41) is 20.9. The molecule has 1 aliphatic rings. The minimum Gasteiger partial charge on any atom is -0.480 e. The van der Waals surface area contributed by atoms with Crippen molar-refractivity contribution in [1.82, 2.24) is 21.3 Å². The monoisotopic (exact) mass is 521 g/mol. The van der Waals surface area contributed by atoms with Crippen LogP contribution in [0.15, 0.2) is 30.3 Å². The largest absolute Gasteiger partial charge is 0.480 e. The van der Waals surface area contributed by atoms with Gasteiger partial charge in [-0.1, -0.05) is 30.3 Å². The summed E-state index contributed by atoms with van der Waals surface area (Å²) >= 11 is 1.56. The Morgan fingerprint density at radius 3 is 2.33 bits per heavy atom. The van der Waals surface area contributed by atoms with Crippen LogP contribution in [0.25, 0.3) is 0 Å². The number of carboxylic acids is 1. The summed E-state index contributed by atoms with van der Waals surface area (Å²) in [4.78, 5) is 50.8. The Bertz CT molecular complexity index is 851. The first kappa shape index (κ1) is 29.6. The molecule has 0 radical (unpaired) electrons. The molecule has 200 valence electrons. The maximum Gasteiger partial charge on any atom is 0.326 e. The third kappa shape index (κ3) is 10.2. The van der Waals surface area contributed by atoms with E-state index in [2.05, 4.69) is 21.3 Å². The van der Waals surface area contributed by atoms with Crippen molar-refractivity contribution in [2.45, 2.75) is 69.1 Å². The average Bonchev–Trinajstić information content (AvgIpc) is 3.41. The lowest BCUT2D eigenvalue weighted by molar-refractivity contribution is -0.142. The lowest BCUT2D eigenvalue weighted by Crippen LogP contribution is -2.57. The fraction of sp³-hybridized carbons (Fsp3) is 0.600. The zero-order chi connectivity index (χ0) is 26.3. The van der Waals surface area contributed by atoms with E-state index in [1.165, 1.54) is 0 Å². The van der Waals surface area contributed by atoms with Gasteiger partial charge >= 0.3 is 5.97 Å². The summed E-state index contributed by atoms with van der Waals surface area (Å²) in [5.74, 6) is -1.78. The van der Waals surface area contributed by atoms with E-state index in [1.54, 1.807) is 11.8 Å². The smallest absolute Gasteiger partial charge is 0.326 e. The molecule has 0 aliphatic carbocycles. The van der Waals surface area contributed by atoms with Gasteiger partial charge in [0.05, 0.1) is 6.04 Å². The molecule has 10 nitrogen and oxygen atoms in total. The van der Waals surface area contributed by atoms with E-state index in [4.69, 9.17) is 5.73 Å². The topological polar surface area (TPSA) is 163 Å². The second kappa shape index (κ2) is 16.2. The molecule has 7 N–H and O–H groups in total. The van der Waals surface area contributed by atoms with Crippen LogP contribution in [0.2, 0.25) is 0 Å². The van der Waals surface area contributed by atoms with E-state index in [0.717, 1.165) is 18.5 Å². The van der Waals surface area contributed by atoms with Gasteiger partial charge in [-0.15, -0.1) is 0 Å². The van der Waals surface area contributed by atoms with Crippen LogP contribution >= 0.6 is 11.8 Å². The third-order valence-electron chi connectivity index (χ3n) is 6.10. The molecule has 1 aromatic carbocycles. The zero-order valence-electron chi connectivity index (χ0n) is 20.8. The van der Waals surface area contributed by atoms with Crippen LogP contribution in [-0.2, 0) is 25.6 Å². The molecule has 1 saturated heterocycles. The van der Waals surface area contributed by atoms with Crippen molar-refractivity contribution in [3.63, 3.8) is 0 Å². The molecular weight excluding hydrogens is 482 g/mol. The van der Waals surface area contributed by atoms with Gasteiger partial charge in [0.25, 0.3) is 0 Å². The van der Waals surface area contributed by atoms with E-state index in [9.17, 15) is 24.3 Å². The van der Waals surface area contributed by atoms with Gasteiger partial charge < -0.3 is 32.1 Å². The number of nitrogens with one attached hydrogen (secondary N) is 4. The highest BCUT2D eigenvalue weighted by atomic mass is 32.2. The number of unbranched alkanes of at least 4 members (excludes halogenated alkanes) is 1. The standard InChI is InChI=1S/C25H39N5O5S/c1-36-15-12-19(28-22(31)18-11-7-14-27-18)23(32)30-21(16-17-8-3-2-4-9-17)24(33)29-20(25(34)35)10-5-6-13-26/h2-4,8-9,18-21,27H,5-7,10-16,26H2,1H3,(H,28,31)(H,29,33)(H,30,32)(H,34,35). The number of amides is 3. The number of hydrogen-bond acceptors (Lipinski definition) is 7. The van der Waals surface area contributed by atoms with Gasteiger partial charge in [-0.05, 0) is 69.2 Å². The fourth-order valence-electron chi connectivity index (χ4n) is 4.04. The van der Waals surface area contributed by atoms with Gasteiger partial charge in [-0.3, -0.25) is 14.4 Å². The highest BCUT2D eigenvalue weighted by molar-refractivity contribution is 7.98. The number of aliphatic carboxylic acids is 1. The summed E-state index contributed by atoms with van der Waals surface area (Å²) in [6, 6.07) is 5.95. The van der Waals surface area contributed by atoms with Gasteiger partial charge in [-0.25, -0.2) is 4.79 Å². The van der Waals surface area contributed by atoms with E-state index >= 15 is 0 Å². The van der Waals surface area contributed by atoms with Crippen LogP contribution in [0, 0.1) is 0 Å². The molecule has 0 aromatic heterocycles. The fourth-order valence-corrected chi connectivity index (χ4v) is 4.51. The number of nitrogens with two attached hydrogens (primary N) is 1. The van der Waals surface area contributed by atoms with Gasteiger partial charge in [0.15, 0.2) is 0 Å². The van der Waals surface area contributed by atoms with Crippen LogP contribution in [0.3, 0.4) is 0 Å². The van der Waals surface area contributed by atoms with E-state index in [0.29, 0.717) is 38.0 Å². The molecule has 0 saturated carbocycles. The van der Waals surface area contributed by atoms with E-state index in [-0.39, 0.29) is 24.8 Å². The molecule has 4 atom stereocenters. The van der Waals surface area contributed by atoms with Gasteiger partial charge in [0.1, 0.15) is 18.1 Å². The highest BCUT2D eigenvalue weighted by Crippen LogP contribution is 2.10. The van der Waals surface area contributed by atoms with Crippen LogP contribution in [0.5, 0.6) is 0 Å². The molecular formula is C25H39N5O5S. The molecule has 1 heterocycles. The quantitative estimate of drug-likeness (QED) is 0.170. The van der Waals surface area contributed by atoms with E-state index in [1.807, 2.05) is 36.6 Å². The number of carbonyl (C=O) groups excluding carboxylic acids is 3. The Morgan fingerprint density at radius 1 is 1.03 bits per heavy atom. The molecule has 36 heavy (non-hydrogen) atoms. The van der Waals surface area contributed by atoms with Crippen LogP contribution in [0.1, 0.15) is 44.1 Å². The first-order valence-electron chi connectivity index (χ1n) is 12.5. The molecule has 1 aromatic rings. The lowest BCUT2D eigenvalue weighted by atomic mass is 10.0. The van der Waals surface area contributed by atoms with Crippen LogP contribution in [0.4, 0.5) is 0 Å². The summed E-state index contributed by atoms with van der Waals surface area (Å²) in [7, 11) is 0. The van der Waals surface area contributed by atoms with Gasteiger partial charge in [0.2, 0.25) is 17.7 Å². The molecule has 0 spiro atoms. The number of hydrogen-bond donors (Lipinski definition) is 6. The first-order chi connectivity index (χ1) is 17.3. The molecule has 4 unspecified atom stereocenters. The van der Waals surface area contributed by atoms with Gasteiger partial charge in [-0.2, -0.15) is 11.8 Å². The minimum absolute atomic E-state index is 0.181. The van der Waals surface area contributed by atoms with Crippen LogP contribution in [-0.4, -0.2) is 78.1 Å². The Labute approximate surface area is 216 Å². The van der Waals surface area contributed by atoms with Crippen molar-refractivity contribution < 1.29 is 24.3 Å². The van der Waals surface area contributed by atoms with Crippen molar-refractivity contribution >= 4 is 35.5 Å². The first-order valence-corrected chi connectivity index (χ1v) is 13.8. The molecule has 1 fully saturated rings. The van der Waals surface area contributed by atoms with Crippen molar-refractivity contribution in [3.8, 4) is 0 Å². The number of carbonyl (C=O) groups is 4. The van der Waals surface area contributed by atoms with E-state index < -0.39 is 35.9 Å². The lowest BCUT2D eigenvalue weighted by Gasteiger charge is -2.25. The Morgan fingerprint density at radius 2 is 1.72 bits per heavy atom. The summed E-state index contributed by atoms with van der Waals surface area (Å²) in [6.07, 6.45) is 5.56. The maximum atomic E-state index is 13.3. The number of rotatable bonds is 16. The second-order valence-corrected chi connectivity index (χ2v) is 9.91. The molecule has 11 heteroatoms. The Kier molecular flexibility index (Phi) is 13.3. The number of thioether (sulfide) groups is 1. The summed E-state index contributed by atoms with van der Waals surface area (Å²) in [5.41, 5.74) is 6.31. The number of carboxylic acid groups (broad SMARTS) is 1. The third-order valence-corrected chi connectivity index (χ3v) is 6.74. The second-order valence-electron chi connectivity index (χ2n) is 8.93. The van der Waals surface area contributed by atoms with Crippen molar-refractivity contribution in [1.29, 1.82) is 0 Å². The average molecular weight is 522 g/mol. The molecule has 1 aliphatic heterocycles. The Balaban J connectivity index is 2.15. The summed E-state index contributed by atoms with van der Waals surface area (Å²) < 4.78 is 0.